The quantitative estimate of drug-likeness (QED) is 0.506. The Bertz CT molecular complexity index is 1250. The van der Waals surface area contributed by atoms with Crippen molar-refractivity contribution in [3.63, 3.8) is 0 Å². The number of hydrogen-bond acceptors (Lipinski definition) is 8. The van der Waals surface area contributed by atoms with Gasteiger partial charge in [-0.2, -0.15) is 0 Å². The number of aromatic nitrogens is 2. The summed E-state index contributed by atoms with van der Waals surface area (Å²) in [5.74, 6) is -6.67. The smallest absolute Gasteiger partial charge is 0.275 e. The lowest BCUT2D eigenvalue weighted by atomic mass is 9.85. The Labute approximate surface area is 208 Å². The summed E-state index contributed by atoms with van der Waals surface area (Å²) in [6.07, 6.45) is 2.66. The van der Waals surface area contributed by atoms with Crippen molar-refractivity contribution in [1.29, 1.82) is 0 Å². The molecular weight excluding hydrogens is 502 g/mol. The van der Waals surface area contributed by atoms with Gasteiger partial charge in [-0.25, -0.2) is 27.5 Å². The molecule has 0 saturated heterocycles. The third-order valence-electron chi connectivity index (χ3n) is 6.82. The van der Waals surface area contributed by atoms with Crippen LogP contribution in [0.4, 0.5) is 23.2 Å². The van der Waals surface area contributed by atoms with Crippen LogP contribution in [-0.2, 0) is 10.3 Å². The normalized spacial score (nSPS) is 29.7. The van der Waals surface area contributed by atoms with Crippen LogP contribution in [0.5, 0.6) is 5.88 Å². The first kappa shape index (κ1) is 24.8. The first-order valence-electron chi connectivity index (χ1n) is 11.1. The van der Waals surface area contributed by atoms with E-state index >= 15 is 4.39 Å². The standard InChI is InChI=1S/C23H23F4N5O3S/c1-21(16-6-22(16,10-34-2)36-20(28)32-21)13-3-12(4-14(24)18(13)25)31-19(33)15-7-30-17(8-29-15)35-9-11-5-23(11,26)27/h3-4,7-8,11,16H,5-6,9-10H2,1-2H3,(H2,28,32)(H,31,33)/t11-,16-,21-,22+/m0/s1. The number of carbonyl (C=O) groups is 1. The number of hydrogen-bond donors (Lipinski definition) is 2. The Kier molecular flexibility index (Phi) is 5.90. The zero-order chi connectivity index (χ0) is 25.9. The first-order chi connectivity index (χ1) is 17.0. The van der Waals surface area contributed by atoms with Crippen molar-refractivity contribution in [2.45, 2.75) is 36.0 Å². The van der Waals surface area contributed by atoms with E-state index in [-0.39, 0.29) is 51.7 Å². The molecule has 2 aromatic rings. The minimum Gasteiger partial charge on any atom is -0.476 e. The summed E-state index contributed by atoms with van der Waals surface area (Å²) >= 11 is 1.37. The average Bonchev–Trinajstić information content (AvgIpc) is 3.69. The fourth-order valence-electron chi connectivity index (χ4n) is 4.70. The number of alkyl halides is 2. The van der Waals surface area contributed by atoms with Gasteiger partial charge in [0.1, 0.15) is 5.69 Å². The van der Waals surface area contributed by atoms with Crippen LogP contribution in [-0.4, -0.2) is 52.0 Å². The average molecular weight is 526 g/mol. The van der Waals surface area contributed by atoms with Crippen LogP contribution in [0.25, 0.3) is 0 Å². The van der Waals surface area contributed by atoms with Crippen molar-refractivity contribution >= 4 is 28.5 Å². The molecule has 192 valence electrons. The molecule has 0 spiro atoms. The minimum atomic E-state index is -2.72. The van der Waals surface area contributed by atoms with Crippen molar-refractivity contribution < 1.29 is 31.8 Å². The van der Waals surface area contributed by atoms with E-state index in [1.807, 2.05) is 0 Å². The number of amides is 1. The van der Waals surface area contributed by atoms with Gasteiger partial charge in [0.15, 0.2) is 16.8 Å². The third-order valence-corrected chi connectivity index (χ3v) is 8.10. The highest BCUT2D eigenvalue weighted by molar-refractivity contribution is 8.15. The van der Waals surface area contributed by atoms with Crippen LogP contribution in [0.3, 0.4) is 0 Å². The molecule has 1 amide bonds. The topological polar surface area (TPSA) is 112 Å². The Morgan fingerprint density at radius 2 is 2.00 bits per heavy atom. The van der Waals surface area contributed by atoms with Crippen molar-refractivity contribution in [3.8, 4) is 5.88 Å². The van der Waals surface area contributed by atoms with Crippen LogP contribution >= 0.6 is 11.8 Å². The molecule has 36 heavy (non-hydrogen) atoms. The van der Waals surface area contributed by atoms with Crippen LogP contribution in [0.15, 0.2) is 29.5 Å². The Morgan fingerprint density at radius 1 is 1.25 bits per heavy atom. The summed E-state index contributed by atoms with van der Waals surface area (Å²) in [6.45, 7) is 1.87. The fraction of sp³-hybridized carbons (Fsp3) is 0.478. The molecule has 3 N–H and O–H groups in total. The second-order valence-corrected chi connectivity index (χ2v) is 10.9. The number of nitrogens with zero attached hydrogens (tertiary/aromatic N) is 3. The van der Waals surface area contributed by atoms with Crippen molar-refractivity contribution in [2.24, 2.45) is 22.6 Å². The molecule has 0 bridgehead atoms. The summed E-state index contributed by atoms with van der Waals surface area (Å²) < 4.78 is 65.7. The lowest BCUT2D eigenvalue weighted by Gasteiger charge is -2.34. The maximum absolute atomic E-state index is 15.0. The maximum atomic E-state index is 15.0. The molecule has 1 aliphatic heterocycles. The van der Waals surface area contributed by atoms with Gasteiger partial charge >= 0.3 is 0 Å². The molecule has 1 aromatic carbocycles. The Hall–Kier alpha value is -2.93. The van der Waals surface area contributed by atoms with E-state index in [0.29, 0.717) is 13.0 Å². The zero-order valence-corrected chi connectivity index (χ0v) is 20.2. The highest BCUT2D eigenvalue weighted by Gasteiger charge is 2.66. The number of fused-ring (bicyclic) bond motifs is 1. The molecule has 2 aliphatic carbocycles. The van der Waals surface area contributed by atoms with E-state index in [4.69, 9.17) is 15.2 Å². The third kappa shape index (κ3) is 4.38. The number of anilines is 1. The lowest BCUT2D eigenvalue weighted by molar-refractivity contribution is 0.0849. The number of carbonyl (C=O) groups excluding carboxylic acids is 1. The predicted molar refractivity (Wildman–Crippen MR) is 124 cm³/mol. The molecule has 5 rings (SSSR count). The number of nitrogens with one attached hydrogen (secondary N) is 1. The van der Waals surface area contributed by atoms with Crippen molar-refractivity contribution in [3.05, 3.63) is 47.4 Å². The summed E-state index contributed by atoms with van der Waals surface area (Å²) in [7, 11) is 1.56. The molecule has 0 unspecified atom stereocenters. The van der Waals surface area contributed by atoms with Crippen LogP contribution < -0.4 is 15.8 Å². The lowest BCUT2D eigenvalue weighted by Crippen LogP contribution is -2.38. The minimum absolute atomic E-state index is 0.00166. The molecule has 2 saturated carbocycles. The van der Waals surface area contributed by atoms with Gasteiger partial charge in [0.25, 0.3) is 11.8 Å². The van der Waals surface area contributed by atoms with Gasteiger partial charge in [-0.15, -0.1) is 0 Å². The number of methoxy groups -OCH3 is 1. The van der Waals surface area contributed by atoms with Crippen LogP contribution in [0.1, 0.15) is 35.8 Å². The summed E-state index contributed by atoms with van der Waals surface area (Å²) in [4.78, 5) is 25.0. The Balaban J connectivity index is 1.33. The number of benzene rings is 1. The molecule has 0 radical (unpaired) electrons. The predicted octanol–water partition coefficient (Wildman–Crippen LogP) is 3.72. The highest BCUT2D eigenvalue weighted by Crippen LogP contribution is 2.66. The number of halogens is 4. The molecule has 3 aliphatic rings. The van der Waals surface area contributed by atoms with Gasteiger partial charge in [0.2, 0.25) is 5.88 Å². The second kappa shape index (κ2) is 8.58. The summed E-state index contributed by atoms with van der Waals surface area (Å²) in [6, 6.07) is 2.19. The zero-order valence-electron chi connectivity index (χ0n) is 19.4. The molecule has 1 aromatic heterocycles. The SMILES string of the molecule is COC[C@]12C[C@H]1[C@](C)(c1cc(NC(=O)c3cnc(OC[C@@H]4CC4(F)F)cn3)cc(F)c1F)N=C(N)S2. The van der Waals surface area contributed by atoms with Gasteiger partial charge in [-0.1, -0.05) is 11.8 Å². The first-order valence-corrected chi connectivity index (χ1v) is 12.0. The summed E-state index contributed by atoms with van der Waals surface area (Å²) in [5, 5.41) is 2.74. The van der Waals surface area contributed by atoms with Crippen molar-refractivity contribution in [2.75, 3.05) is 25.6 Å². The van der Waals surface area contributed by atoms with Crippen LogP contribution in [0.2, 0.25) is 0 Å². The van der Waals surface area contributed by atoms with E-state index in [1.54, 1.807) is 14.0 Å². The monoisotopic (exact) mass is 525 g/mol. The van der Waals surface area contributed by atoms with Crippen molar-refractivity contribution in [1.82, 2.24) is 9.97 Å². The second-order valence-electron chi connectivity index (χ2n) is 9.44. The van der Waals surface area contributed by atoms with Gasteiger partial charge < -0.3 is 20.5 Å². The molecule has 2 fully saturated rings. The molecule has 8 nitrogen and oxygen atoms in total. The van der Waals surface area contributed by atoms with Gasteiger partial charge in [-0.3, -0.25) is 9.79 Å². The van der Waals surface area contributed by atoms with Crippen LogP contribution in [0, 0.1) is 23.5 Å². The highest BCUT2D eigenvalue weighted by atomic mass is 32.2. The number of thioether (sulfide) groups is 1. The fourth-order valence-corrected chi connectivity index (χ4v) is 6.15. The van der Waals surface area contributed by atoms with E-state index in [9.17, 15) is 18.0 Å². The van der Waals surface area contributed by atoms with E-state index < -0.39 is 34.9 Å². The largest absolute Gasteiger partial charge is 0.476 e. The van der Waals surface area contributed by atoms with Gasteiger partial charge in [0, 0.05) is 36.8 Å². The maximum Gasteiger partial charge on any atom is 0.275 e. The molecule has 4 atom stereocenters. The van der Waals surface area contributed by atoms with E-state index in [1.165, 1.54) is 17.8 Å². The van der Waals surface area contributed by atoms with Gasteiger partial charge in [0.05, 0.1) is 41.8 Å². The van der Waals surface area contributed by atoms with E-state index in [2.05, 4.69) is 20.3 Å². The molecule has 2 heterocycles. The van der Waals surface area contributed by atoms with E-state index in [0.717, 1.165) is 18.5 Å². The molecular formula is C23H23F4N5O3S. The Morgan fingerprint density at radius 3 is 2.64 bits per heavy atom. The number of aliphatic imine (C=N–C) groups is 1. The number of nitrogens with two attached hydrogens (primary N) is 1. The number of amidine groups is 1. The van der Waals surface area contributed by atoms with Gasteiger partial charge in [-0.05, 0) is 19.4 Å². The summed E-state index contributed by atoms with van der Waals surface area (Å²) in [5.41, 5.74) is 4.72. The molecule has 13 heteroatoms. The number of rotatable bonds is 8. The number of ether oxygens (including phenoxy) is 2.